The number of rotatable bonds is 4. The van der Waals surface area contributed by atoms with E-state index >= 15 is 0 Å². The van der Waals surface area contributed by atoms with Gasteiger partial charge in [0.25, 0.3) is 0 Å². The second-order valence-electron chi connectivity index (χ2n) is 4.81. The molecular weight excluding hydrogens is 234 g/mol. The Bertz CT molecular complexity index is 564. The Balaban J connectivity index is 2.31. The molecule has 0 aliphatic heterocycles. The predicted molar refractivity (Wildman–Crippen MR) is 81.3 cm³/mol. The highest BCUT2D eigenvalue weighted by molar-refractivity contribution is 5.66. The zero-order valence-electron chi connectivity index (χ0n) is 11.9. The summed E-state index contributed by atoms with van der Waals surface area (Å²) in [6.07, 6.45) is 1.82. The van der Waals surface area contributed by atoms with Gasteiger partial charge in [0.05, 0.1) is 5.69 Å². The van der Waals surface area contributed by atoms with Crippen LogP contribution < -0.4 is 10.6 Å². The fourth-order valence-corrected chi connectivity index (χ4v) is 2.14. The molecule has 2 N–H and O–H groups in total. The number of hydrogen-bond acceptors (Lipinski definition) is 3. The lowest BCUT2D eigenvalue weighted by Crippen LogP contribution is -2.24. The van der Waals surface area contributed by atoms with Gasteiger partial charge in [-0.3, -0.25) is 0 Å². The summed E-state index contributed by atoms with van der Waals surface area (Å²) in [5.74, 6) is 0.880. The molecule has 0 saturated carbocycles. The Morgan fingerprint density at radius 2 is 1.84 bits per heavy atom. The maximum Gasteiger partial charge on any atom is 0.152 e. The van der Waals surface area contributed by atoms with Gasteiger partial charge in [-0.1, -0.05) is 24.3 Å². The molecule has 2 rings (SSSR count). The zero-order valence-corrected chi connectivity index (χ0v) is 11.9. The van der Waals surface area contributed by atoms with E-state index in [1.54, 1.807) is 0 Å². The molecule has 100 valence electrons. The van der Waals surface area contributed by atoms with Crippen molar-refractivity contribution in [2.75, 3.05) is 17.2 Å². The first-order valence-corrected chi connectivity index (χ1v) is 6.64. The number of nitrogen functional groups attached to an aromatic ring is 1. The highest BCUT2D eigenvalue weighted by Gasteiger charge is 2.12. The summed E-state index contributed by atoms with van der Waals surface area (Å²) >= 11 is 0. The van der Waals surface area contributed by atoms with Crippen LogP contribution in [0.25, 0.3) is 0 Å². The van der Waals surface area contributed by atoms with Crippen molar-refractivity contribution in [1.82, 2.24) is 4.98 Å². The second-order valence-corrected chi connectivity index (χ2v) is 4.81. The number of anilines is 2. The Hall–Kier alpha value is -2.03. The molecule has 0 saturated heterocycles. The van der Waals surface area contributed by atoms with E-state index in [-0.39, 0.29) is 0 Å². The number of pyridine rings is 1. The van der Waals surface area contributed by atoms with Crippen LogP contribution in [0.3, 0.4) is 0 Å². The molecule has 1 aromatic carbocycles. The standard InChI is InChI=1S/C16H21N3/c1-4-19(11-14-8-6-5-7-12(14)2)16-15(17)13(3)9-10-18-16/h5-10H,4,11,17H2,1-3H3. The third kappa shape index (κ3) is 2.87. The number of aromatic nitrogens is 1. The summed E-state index contributed by atoms with van der Waals surface area (Å²) in [5, 5.41) is 0. The summed E-state index contributed by atoms with van der Waals surface area (Å²) in [6, 6.07) is 10.4. The van der Waals surface area contributed by atoms with E-state index in [4.69, 9.17) is 5.73 Å². The minimum Gasteiger partial charge on any atom is -0.396 e. The van der Waals surface area contributed by atoms with Gasteiger partial charge in [0.1, 0.15) is 0 Å². The summed E-state index contributed by atoms with van der Waals surface area (Å²) < 4.78 is 0. The zero-order chi connectivity index (χ0) is 13.8. The Morgan fingerprint density at radius 3 is 2.53 bits per heavy atom. The average Bonchev–Trinajstić information content (AvgIpc) is 2.41. The molecular formula is C16H21N3. The molecule has 3 nitrogen and oxygen atoms in total. The van der Waals surface area contributed by atoms with Crippen LogP contribution in [0.4, 0.5) is 11.5 Å². The molecule has 1 aromatic heterocycles. The van der Waals surface area contributed by atoms with Gasteiger partial charge in [-0.2, -0.15) is 0 Å². The third-order valence-corrected chi connectivity index (χ3v) is 3.49. The quantitative estimate of drug-likeness (QED) is 0.911. The van der Waals surface area contributed by atoms with Gasteiger partial charge >= 0.3 is 0 Å². The molecule has 0 spiro atoms. The van der Waals surface area contributed by atoms with Gasteiger partial charge in [0, 0.05) is 19.3 Å². The first-order valence-electron chi connectivity index (χ1n) is 6.64. The lowest BCUT2D eigenvalue weighted by Gasteiger charge is -2.24. The van der Waals surface area contributed by atoms with Crippen molar-refractivity contribution in [3.63, 3.8) is 0 Å². The summed E-state index contributed by atoms with van der Waals surface area (Å²) in [5.41, 5.74) is 10.6. The lowest BCUT2D eigenvalue weighted by molar-refractivity contribution is 0.810. The molecule has 3 heteroatoms. The highest BCUT2D eigenvalue weighted by atomic mass is 15.2. The third-order valence-electron chi connectivity index (χ3n) is 3.49. The monoisotopic (exact) mass is 255 g/mol. The van der Waals surface area contributed by atoms with Crippen LogP contribution in [0, 0.1) is 13.8 Å². The lowest BCUT2D eigenvalue weighted by atomic mass is 10.1. The van der Waals surface area contributed by atoms with E-state index in [1.807, 2.05) is 19.2 Å². The van der Waals surface area contributed by atoms with Crippen LogP contribution in [0.2, 0.25) is 0 Å². The molecule has 0 amide bonds. The topological polar surface area (TPSA) is 42.2 Å². The SMILES string of the molecule is CCN(Cc1ccccc1C)c1nccc(C)c1N. The smallest absolute Gasteiger partial charge is 0.152 e. The van der Waals surface area contributed by atoms with E-state index in [0.717, 1.165) is 30.2 Å². The molecule has 0 bridgehead atoms. The van der Waals surface area contributed by atoms with Gasteiger partial charge in [-0.15, -0.1) is 0 Å². The van der Waals surface area contributed by atoms with Crippen LogP contribution >= 0.6 is 0 Å². The molecule has 0 aliphatic carbocycles. The molecule has 0 atom stereocenters. The fraction of sp³-hybridized carbons (Fsp3) is 0.312. The van der Waals surface area contributed by atoms with Crippen LogP contribution in [0.15, 0.2) is 36.5 Å². The summed E-state index contributed by atoms with van der Waals surface area (Å²) in [7, 11) is 0. The van der Waals surface area contributed by atoms with Gasteiger partial charge in [-0.25, -0.2) is 4.98 Å². The Morgan fingerprint density at radius 1 is 1.11 bits per heavy atom. The Labute approximate surface area is 115 Å². The average molecular weight is 255 g/mol. The molecule has 1 heterocycles. The van der Waals surface area contributed by atoms with E-state index < -0.39 is 0 Å². The number of nitrogens with zero attached hydrogens (tertiary/aromatic N) is 2. The van der Waals surface area contributed by atoms with Crippen molar-refractivity contribution in [3.8, 4) is 0 Å². The minimum absolute atomic E-state index is 0.776. The summed E-state index contributed by atoms with van der Waals surface area (Å²) in [4.78, 5) is 6.65. The molecule has 0 unspecified atom stereocenters. The minimum atomic E-state index is 0.776. The van der Waals surface area contributed by atoms with Crippen LogP contribution in [0.5, 0.6) is 0 Å². The van der Waals surface area contributed by atoms with Crippen LogP contribution in [-0.2, 0) is 6.54 Å². The van der Waals surface area contributed by atoms with Crippen molar-refractivity contribution in [1.29, 1.82) is 0 Å². The maximum atomic E-state index is 6.15. The number of hydrogen-bond donors (Lipinski definition) is 1. The summed E-state index contributed by atoms with van der Waals surface area (Å²) in [6.45, 7) is 8.00. The molecule has 2 aromatic rings. The largest absolute Gasteiger partial charge is 0.396 e. The normalized spacial score (nSPS) is 10.5. The molecule has 19 heavy (non-hydrogen) atoms. The van der Waals surface area contributed by atoms with Crippen molar-refractivity contribution < 1.29 is 0 Å². The second kappa shape index (κ2) is 5.74. The first kappa shape index (κ1) is 13.4. The van der Waals surface area contributed by atoms with E-state index in [9.17, 15) is 0 Å². The van der Waals surface area contributed by atoms with Gasteiger partial charge in [0.15, 0.2) is 5.82 Å². The van der Waals surface area contributed by atoms with E-state index in [1.165, 1.54) is 11.1 Å². The van der Waals surface area contributed by atoms with Crippen LogP contribution in [-0.4, -0.2) is 11.5 Å². The highest BCUT2D eigenvalue weighted by Crippen LogP contribution is 2.25. The molecule has 0 aliphatic rings. The number of aryl methyl sites for hydroxylation is 2. The molecule has 0 radical (unpaired) electrons. The number of benzene rings is 1. The molecule has 0 fully saturated rings. The number of nitrogens with two attached hydrogens (primary N) is 1. The van der Waals surface area contributed by atoms with Gasteiger partial charge in [-0.05, 0) is 43.5 Å². The van der Waals surface area contributed by atoms with E-state index in [2.05, 4.69) is 48.0 Å². The fourth-order valence-electron chi connectivity index (χ4n) is 2.14. The van der Waals surface area contributed by atoms with Crippen LogP contribution in [0.1, 0.15) is 23.6 Å². The van der Waals surface area contributed by atoms with Crippen molar-refractivity contribution in [2.45, 2.75) is 27.3 Å². The van der Waals surface area contributed by atoms with Crippen molar-refractivity contribution in [3.05, 3.63) is 53.2 Å². The van der Waals surface area contributed by atoms with Crippen molar-refractivity contribution >= 4 is 11.5 Å². The van der Waals surface area contributed by atoms with E-state index in [0.29, 0.717) is 0 Å². The predicted octanol–water partition coefficient (Wildman–Crippen LogP) is 3.31. The first-order chi connectivity index (χ1) is 9.13. The van der Waals surface area contributed by atoms with Crippen molar-refractivity contribution in [2.24, 2.45) is 0 Å². The Kier molecular flexibility index (Phi) is 4.05. The van der Waals surface area contributed by atoms with Gasteiger partial charge in [0.2, 0.25) is 0 Å². The van der Waals surface area contributed by atoms with Gasteiger partial charge < -0.3 is 10.6 Å². The maximum absolute atomic E-state index is 6.15.